The van der Waals surface area contributed by atoms with Gasteiger partial charge in [0.2, 0.25) is 12.3 Å². The van der Waals surface area contributed by atoms with Gasteiger partial charge in [-0.15, -0.1) is 12.4 Å². The quantitative estimate of drug-likeness (QED) is 0.358. The van der Waals surface area contributed by atoms with Gasteiger partial charge in [0.05, 0.1) is 16.9 Å². The molecule has 6 nitrogen and oxygen atoms in total. The second-order valence-corrected chi connectivity index (χ2v) is 7.49. The number of fused-ring (bicyclic) bond motifs is 2. The van der Waals surface area contributed by atoms with Crippen molar-refractivity contribution in [3.63, 3.8) is 0 Å². The number of para-hydroxylation sites is 1. The van der Waals surface area contributed by atoms with Gasteiger partial charge in [0.1, 0.15) is 0 Å². The maximum Gasteiger partial charge on any atom is 0.228 e. The molecule has 3 aromatic carbocycles. The second-order valence-electron chi connectivity index (χ2n) is 7.06. The number of nitrogens with one attached hydrogen (secondary N) is 2. The van der Waals surface area contributed by atoms with Gasteiger partial charge in [0.25, 0.3) is 0 Å². The third-order valence-electron chi connectivity index (χ3n) is 4.93. The smallest absolute Gasteiger partial charge is 0.228 e. The Morgan fingerprint density at radius 1 is 1.03 bits per heavy atom. The molecule has 3 aromatic rings. The van der Waals surface area contributed by atoms with E-state index < -0.39 is 0 Å². The number of nitrogens with zero attached hydrogens (tertiary/aromatic N) is 3. The van der Waals surface area contributed by atoms with Crippen LogP contribution in [-0.4, -0.2) is 36.1 Å². The molecule has 0 aliphatic carbocycles. The van der Waals surface area contributed by atoms with Gasteiger partial charge in [-0.1, -0.05) is 54.1 Å². The molecule has 0 bridgehead atoms. The van der Waals surface area contributed by atoms with Crippen molar-refractivity contribution in [2.75, 3.05) is 19.0 Å². The van der Waals surface area contributed by atoms with Gasteiger partial charge in [0.15, 0.2) is 5.84 Å². The lowest BCUT2D eigenvalue weighted by Crippen LogP contribution is -2.29. The summed E-state index contributed by atoms with van der Waals surface area (Å²) in [5.41, 5.74) is 8.07. The lowest BCUT2D eigenvalue weighted by molar-refractivity contribution is -0.439. The summed E-state index contributed by atoms with van der Waals surface area (Å²) in [5, 5.41) is 20.1. The first-order valence-corrected chi connectivity index (χ1v) is 10.5. The fourth-order valence-electron chi connectivity index (χ4n) is 3.40. The largest absolute Gasteiger partial charge is 0.623 e. The average Bonchev–Trinajstić information content (AvgIpc) is 3.14. The summed E-state index contributed by atoms with van der Waals surface area (Å²) >= 11 is 6.10. The van der Waals surface area contributed by atoms with Crippen molar-refractivity contribution in [3.8, 4) is 0 Å². The number of anilines is 1. The Bertz CT molecular complexity index is 1240. The third-order valence-corrected chi connectivity index (χ3v) is 5.16. The first-order valence-electron chi connectivity index (χ1n) is 10.1. The number of halogens is 2. The normalized spacial score (nSPS) is 13.6. The van der Waals surface area contributed by atoms with E-state index in [1.807, 2.05) is 72.8 Å². The second kappa shape index (κ2) is 11.3. The van der Waals surface area contributed by atoms with E-state index in [0.29, 0.717) is 16.6 Å². The predicted octanol–water partition coefficient (Wildman–Crippen LogP) is 5.48. The summed E-state index contributed by atoms with van der Waals surface area (Å²) in [5.74, 6) is 0.625. The van der Waals surface area contributed by atoms with E-state index in [9.17, 15) is 5.21 Å². The van der Waals surface area contributed by atoms with Crippen LogP contribution in [0.5, 0.6) is 0 Å². The highest BCUT2D eigenvalue weighted by atomic mass is 35.5. The van der Waals surface area contributed by atoms with Gasteiger partial charge in [-0.25, -0.2) is 4.99 Å². The molecule has 0 amide bonds. The van der Waals surface area contributed by atoms with Gasteiger partial charge in [0, 0.05) is 23.8 Å². The molecule has 0 unspecified atom stereocenters. The number of hydrazone groups is 1. The first-order chi connectivity index (χ1) is 15.7. The van der Waals surface area contributed by atoms with Gasteiger partial charge < -0.3 is 10.5 Å². The first kappa shape index (κ1) is 24.0. The Morgan fingerprint density at radius 3 is 2.58 bits per heavy atom. The average molecular weight is 480 g/mol. The zero-order valence-electron chi connectivity index (χ0n) is 17.9. The number of aliphatic imine (C=N–C) groups is 1. The Kier molecular flexibility index (Phi) is 8.24. The van der Waals surface area contributed by atoms with Crippen molar-refractivity contribution in [2.24, 2.45) is 10.1 Å². The molecule has 2 aliphatic rings. The van der Waals surface area contributed by atoms with Crippen LogP contribution in [0.15, 0.2) is 89.0 Å². The zero-order valence-corrected chi connectivity index (χ0v) is 19.5. The summed E-state index contributed by atoms with van der Waals surface area (Å²) in [4.78, 5) is 4.51. The van der Waals surface area contributed by atoms with Crippen LogP contribution in [0.3, 0.4) is 0 Å². The molecular formula is C25H23Cl2N5O. The molecule has 0 atom stereocenters. The van der Waals surface area contributed by atoms with Crippen LogP contribution < -0.4 is 10.7 Å². The van der Waals surface area contributed by atoms with E-state index in [1.54, 1.807) is 25.4 Å². The summed E-state index contributed by atoms with van der Waals surface area (Å²) in [6.45, 7) is 0.174. The number of hydroxylamine groups is 1. The Hall–Kier alpha value is -3.61. The number of rotatable bonds is 1. The van der Waals surface area contributed by atoms with Crippen LogP contribution in [-0.2, 0) is 0 Å². The highest BCUT2D eigenvalue weighted by molar-refractivity contribution is 6.31. The van der Waals surface area contributed by atoms with Crippen molar-refractivity contribution in [1.82, 2.24) is 5.32 Å². The maximum absolute atomic E-state index is 12.6. The van der Waals surface area contributed by atoms with Crippen LogP contribution in [0, 0.1) is 5.21 Å². The SMILES string of the molecule is C1=Cc2ccccc2NN=C1.CNC1=Nc2ccc(Cl)cc2C(c2ccccc2)=[N+]([O-])C1.Cl. The van der Waals surface area contributed by atoms with Crippen molar-refractivity contribution < 1.29 is 4.74 Å². The lowest BCUT2D eigenvalue weighted by atomic mass is 10.0. The fourth-order valence-corrected chi connectivity index (χ4v) is 3.57. The number of amidine groups is 1. The van der Waals surface area contributed by atoms with E-state index in [2.05, 4.69) is 20.8 Å². The van der Waals surface area contributed by atoms with Gasteiger partial charge in [-0.3, -0.25) is 5.43 Å². The lowest BCUT2D eigenvalue weighted by Gasteiger charge is -2.10. The van der Waals surface area contributed by atoms with Gasteiger partial charge in [-0.05, 0) is 48.0 Å². The molecule has 0 radical (unpaired) electrons. The molecule has 0 aromatic heterocycles. The molecule has 0 saturated carbocycles. The number of hydrogen-bond donors (Lipinski definition) is 2. The summed E-state index contributed by atoms with van der Waals surface area (Å²) in [7, 11) is 1.76. The molecule has 2 N–H and O–H groups in total. The monoisotopic (exact) mass is 479 g/mol. The number of likely N-dealkylation sites (N-methyl/N-ethyl adjacent to an activating group) is 1. The van der Waals surface area contributed by atoms with E-state index in [0.717, 1.165) is 27.2 Å². The van der Waals surface area contributed by atoms with E-state index in [1.165, 1.54) is 5.56 Å². The molecule has 0 saturated heterocycles. The van der Waals surface area contributed by atoms with Crippen molar-refractivity contribution in [3.05, 3.63) is 106 Å². The standard InChI is InChI=1S/C16H14ClN3O.C9H8N2.ClH/c1-18-15-10-20(21)16(11-5-3-2-4-6-11)13-9-12(17)7-8-14(13)19-15;1-2-6-9-8(4-1)5-3-7-10-11-9;/h2-9H,10H2,1H3,(H,18,19);1-7,11H;1H. The topological polar surface area (TPSA) is 74.8 Å². The zero-order chi connectivity index (χ0) is 22.3. The van der Waals surface area contributed by atoms with Crippen LogP contribution in [0.2, 0.25) is 5.02 Å². The predicted molar refractivity (Wildman–Crippen MR) is 141 cm³/mol. The minimum Gasteiger partial charge on any atom is -0.623 e. The van der Waals surface area contributed by atoms with Gasteiger partial charge >= 0.3 is 0 Å². The van der Waals surface area contributed by atoms with Gasteiger partial charge in [-0.2, -0.15) is 9.84 Å². The van der Waals surface area contributed by atoms with Crippen molar-refractivity contribution in [1.29, 1.82) is 0 Å². The van der Waals surface area contributed by atoms with Crippen LogP contribution >= 0.6 is 24.0 Å². The Balaban J connectivity index is 0.000000215. The van der Waals surface area contributed by atoms with E-state index >= 15 is 0 Å². The molecule has 8 heteroatoms. The Labute approximate surface area is 204 Å². The van der Waals surface area contributed by atoms with Crippen LogP contribution in [0.1, 0.15) is 16.7 Å². The molecule has 33 heavy (non-hydrogen) atoms. The highest BCUT2D eigenvalue weighted by Gasteiger charge is 2.24. The maximum atomic E-state index is 12.6. The minimum atomic E-state index is 0. The van der Waals surface area contributed by atoms with Crippen LogP contribution in [0.4, 0.5) is 11.4 Å². The molecule has 5 rings (SSSR count). The molecule has 0 spiro atoms. The van der Waals surface area contributed by atoms with E-state index in [4.69, 9.17) is 11.6 Å². The highest BCUT2D eigenvalue weighted by Crippen LogP contribution is 2.28. The van der Waals surface area contributed by atoms with Crippen molar-refractivity contribution >= 4 is 59.2 Å². The summed E-state index contributed by atoms with van der Waals surface area (Å²) in [6, 6.07) is 23.0. The fraction of sp³-hybridized carbons (Fsp3) is 0.0800. The molecule has 0 fully saturated rings. The van der Waals surface area contributed by atoms with E-state index in [-0.39, 0.29) is 19.0 Å². The number of hydrogen-bond acceptors (Lipinski definition) is 5. The minimum absolute atomic E-state index is 0. The van der Waals surface area contributed by atoms with Crippen LogP contribution in [0.25, 0.3) is 6.08 Å². The molecule has 168 valence electrons. The number of allylic oxidation sites excluding steroid dienone is 1. The number of benzene rings is 3. The Morgan fingerprint density at radius 2 is 1.79 bits per heavy atom. The third kappa shape index (κ3) is 5.80. The molecule has 2 heterocycles. The summed E-state index contributed by atoms with van der Waals surface area (Å²) in [6.07, 6.45) is 5.68. The summed E-state index contributed by atoms with van der Waals surface area (Å²) < 4.78 is 0.951. The van der Waals surface area contributed by atoms with Crippen molar-refractivity contribution in [2.45, 2.75) is 0 Å². The molecular weight excluding hydrogens is 457 g/mol. The molecule has 2 aliphatic heterocycles.